The summed E-state index contributed by atoms with van der Waals surface area (Å²) < 4.78 is 20.5. The molecule has 4 rings (SSSR count). The normalized spacial score (nSPS) is 15.4. The fourth-order valence-corrected chi connectivity index (χ4v) is 4.38. The van der Waals surface area contributed by atoms with E-state index in [2.05, 4.69) is 15.4 Å². The first-order valence-corrected chi connectivity index (χ1v) is 11.1. The molecule has 0 saturated heterocycles. The van der Waals surface area contributed by atoms with E-state index >= 15 is 0 Å². The summed E-state index contributed by atoms with van der Waals surface area (Å²) >= 11 is 7.52. The van der Waals surface area contributed by atoms with Gasteiger partial charge in [-0.05, 0) is 49.2 Å². The van der Waals surface area contributed by atoms with Crippen LogP contribution < -0.4 is 5.32 Å². The molecule has 1 aliphatic rings. The molecule has 1 atom stereocenters. The number of ether oxygens (including phenoxy) is 1. The summed E-state index contributed by atoms with van der Waals surface area (Å²) in [5.41, 5.74) is 2.80. The van der Waals surface area contributed by atoms with Crippen molar-refractivity contribution in [1.82, 2.24) is 14.8 Å². The minimum atomic E-state index is -0.580. The Labute approximate surface area is 188 Å². The van der Waals surface area contributed by atoms with Gasteiger partial charge in [0.25, 0.3) is 0 Å². The number of nitrogens with zero attached hydrogens (tertiary/aromatic N) is 3. The maximum Gasteiger partial charge on any atom is 0.338 e. The lowest BCUT2D eigenvalue weighted by Crippen LogP contribution is -2.29. The number of hydrogen-bond acceptors (Lipinski definition) is 6. The first-order chi connectivity index (χ1) is 15.0. The third-order valence-corrected chi connectivity index (χ3v) is 5.92. The number of carbonyl (C=O) groups is 1. The molecule has 0 aliphatic carbocycles. The van der Waals surface area contributed by atoms with E-state index in [1.165, 1.54) is 23.9 Å². The molecular weight excluding hydrogens is 439 g/mol. The monoisotopic (exact) mass is 458 g/mol. The Hall–Kier alpha value is -2.84. The van der Waals surface area contributed by atoms with E-state index in [0.717, 1.165) is 5.56 Å². The highest BCUT2D eigenvalue weighted by atomic mass is 35.5. The molecule has 6 nitrogen and oxygen atoms in total. The molecule has 0 saturated carbocycles. The van der Waals surface area contributed by atoms with Crippen molar-refractivity contribution in [3.8, 4) is 0 Å². The minimum absolute atomic E-state index is 0.247. The summed E-state index contributed by atoms with van der Waals surface area (Å²) in [6.07, 6.45) is 0. The Balaban J connectivity index is 1.68. The fourth-order valence-electron chi connectivity index (χ4n) is 3.39. The zero-order chi connectivity index (χ0) is 22.0. The van der Waals surface area contributed by atoms with Crippen LogP contribution in [-0.4, -0.2) is 27.3 Å². The van der Waals surface area contributed by atoms with Gasteiger partial charge in [0, 0.05) is 16.5 Å². The van der Waals surface area contributed by atoms with E-state index in [4.69, 9.17) is 16.3 Å². The molecule has 9 heteroatoms. The summed E-state index contributed by atoms with van der Waals surface area (Å²) in [6.45, 7) is 3.79. The van der Waals surface area contributed by atoms with Crippen molar-refractivity contribution in [2.24, 2.45) is 0 Å². The summed E-state index contributed by atoms with van der Waals surface area (Å²) in [7, 11) is 0. The number of hydrogen-bond donors (Lipinski definition) is 1. The van der Waals surface area contributed by atoms with Gasteiger partial charge in [-0.25, -0.2) is 13.9 Å². The van der Waals surface area contributed by atoms with Gasteiger partial charge in [-0.3, -0.25) is 0 Å². The number of carbonyl (C=O) groups excluding carboxylic acids is 1. The van der Waals surface area contributed by atoms with Crippen LogP contribution in [0.3, 0.4) is 0 Å². The smallest absolute Gasteiger partial charge is 0.338 e. The molecular formula is C22H20ClFN4O2S. The molecule has 0 bridgehead atoms. The maximum atomic E-state index is 13.5. The van der Waals surface area contributed by atoms with Gasteiger partial charge in [0.1, 0.15) is 11.9 Å². The van der Waals surface area contributed by atoms with Gasteiger partial charge < -0.3 is 10.1 Å². The first kappa shape index (κ1) is 21.4. The molecule has 2 heterocycles. The predicted octanol–water partition coefficient (Wildman–Crippen LogP) is 5.21. The van der Waals surface area contributed by atoms with Crippen LogP contribution in [0.4, 0.5) is 10.3 Å². The van der Waals surface area contributed by atoms with Crippen molar-refractivity contribution in [1.29, 1.82) is 0 Å². The molecule has 160 valence electrons. The Morgan fingerprint density at radius 3 is 2.77 bits per heavy atom. The largest absolute Gasteiger partial charge is 0.463 e. The fraction of sp³-hybridized carbons (Fsp3) is 0.227. The summed E-state index contributed by atoms with van der Waals surface area (Å²) in [6, 6.07) is 13.0. The Kier molecular flexibility index (Phi) is 6.29. The number of anilines is 1. The third-order valence-electron chi connectivity index (χ3n) is 4.77. The Morgan fingerprint density at radius 1 is 1.29 bits per heavy atom. The number of esters is 1. The van der Waals surface area contributed by atoms with Gasteiger partial charge in [-0.15, -0.1) is 5.10 Å². The standard InChI is InChI=1S/C22H20ClFN4O2S/c1-3-30-20(29)18-13(2)25-21-26-22(31-12-14-5-4-6-16(23)11-14)27-28(21)19(18)15-7-9-17(24)10-8-15/h4-11,19H,3,12H2,1-2H3,(H,25,26,27)/t19-/m0/s1. The van der Waals surface area contributed by atoms with E-state index in [1.54, 1.807) is 30.7 Å². The van der Waals surface area contributed by atoms with Crippen LogP contribution in [-0.2, 0) is 15.3 Å². The topological polar surface area (TPSA) is 69.0 Å². The highest BCUT2D eigenvalue weighted by molar-refractivity contribution is 7.98. The number of aromatic nitrogens is 3. The van der Waals surface area contributed by atoms with Gasteiger partial charge in [-0.1, -0.05) is 47.6 Å². The molecule has 1 aliphatic heterocycles. The zero-order valence-electron chi connectivity index (χ0n) is 16.9. The van der Waals surface area contributed by atoms with E-state index in [1.807, 2.05) is 24.3 Å². The van der Waals surface area contributed by atoms with Crippen molar-refractivity contribution in [3.63, 3.8) is 0 Å². The Bertz CT molecular complexity index is 1150. The van der Waals surface area contributed by atoms with Gasteiger partial charge >= 0.3 is 5.97 Å². The summed E-state index contributed by atoms with van der Waals surface area (Å²) in [4.78, 5) is 17.3. The van der Waals surface area contributed by atoms with E-state index < -0.39 is 12.0 Å². The lowest BCUT2D eigenvalue weighted by Gasteiger charge is -2.28. The van der Waals surface area contributed by atoms with Gasteiger partial charge in [-0.2, -0.15) is 4.98 Å². The first-order valence-electron chi connectivity index (χ1n) is 9.70. The molecule has 2 aromatic carbocycles. The van der Waals surface area contributed by atoms with E-state index in [-0.39, 0.29) is 12.4 Å². The minimum Gasteiger partial charge on any atom is -0.463 e. The van der Waals surface area contributed by atoms with Crippen LogP contribution in [0.15, 0.2) is 65.0 Å². The molecule has 0 fully saturated rings. The average Bonchev–Trinajstić information content (AvgIpc) is 3.14. The zero-order valence-corrected chi connectivity index (χ0v) is 18.5. The van der Waals surface area contributed by atoms with Crippen LogP contribution in [0.2, 0.25) is 5.02 Å². The molecule has 3 aromatic rings. The van der Waals surface area contributed by atoms with Crippen LogP contribution in [0.5, 0.6) is 0 Å². The van der Waals surface area contributed by atoms with Crippen molar-refractivity contribution in [2.45, 2.75) is 30.8 Å². The van der Waals surface area contributed by atoms with Gasteiger partial charge in [0.15, 0.2) is 0 Å². The number of thioether (sulfide) groups is 1. The average molecular weight is 459 g/mol. The highest BCUT2D eigenvalue weighted by Gasteiger charge is 2.35. The summed E-state index contributed by atoms with van der Waals surface area (Å²) in [5.74, 6) is 0.347. The number of nitrogens with one attached hydrogen (secondary N) is 1. The van der Waals surface area contributed by atoms with Crippen LogP contribution >= 0.6 is 23.4 Å². The van der Waals surface area contributed by atoms with Gasteiger partial charge in [0.2, 0.25) is 11.1 Å². The molecule has 0 amide bonds. The second-order valence-corrected chi connectivity index (χ2v) is 8.30. The molecule has 31 heavy (non-hydrogen) atoms. The lowest BCUT2D eigenvalue weighted by atomic mass is 9.96. The Morgan fingerprint density at radius 2 is 2.06 bits per heavy atom. The van der Waals surface area contributed by atoms with Crippen LogP contribution in [0.25, 0.3) is 0 Å². The SMILES string of the molecule is CCOC(=O)C1=C(C)Nc2nc(SCc3cccc(Cl)c3)nn2[C@H]1c1ccc(F)cc1. The second-order valence-electron chi connectivity index (χ2n) is 6.92. The lowest BCUT2D eigenvalue weighted by molar-refractivity contribution is -0.139. The highest BCUT2D eigenvalue weighted by Crippen LogP contribution is 2.37. The second kappa shape index (κ2) is 9.11. The van der Waals surface area contributed by atoms with Crippen molar-refractivity contribution in [3.05, 3.63) is 81.8 Å². The number of rotatable bonds is 6. The van der Waals surface area contributed by atoms with Crippen molar-refractivity contribution < 1.29 is 13.9 Å². The van der Waals surface area contributed by atoms with Crippen molar-refractivity contribution in [2.75, 3.05) is 11.9 Å². The van der Waals surface area contributed by atoms with Crippen molar-refractivity contribution >= 4 is 35.3 Å². The number of halogens is 2. The van der Waals surface area contributed by atoms with Crippen LogP contribution in [0.1, 0.15) is 31.0 Å². The molecule has 1 N–H and O–H groups in total. The van der Waals surface area contributed by atoms with E-state index in [0.29, 0.717) is 38.7 Å². The predicted molar refractivity (Wildman–Crippen MR) is 119 cm³/mol. The molecule has 0 spiro atoms. The summed E-state index contributed by atoms with van der Waals surface area (Å²) in [5, 5.41) is 9.00. The quantitative estimate of drug-likeness (QED) is 0.403. The number of fused-ring (bicyclic) bond motifs is 1. The molecule has 0 radical (unpaired) electrons. The number of benzene rings is 2. The number of allylic oxidation sites excluding steroid dienone is 1. The third kappa shape index (κ3) is 4.60. The van der Waals surface area contributed by atoms with E-state index in [9.17, 15) is 9.18 Å². The molecule has 1 aromatic heterocycles. The molecule has 0 unspecified atom stereocenters. The van der Waals surface area contributed by atoms with Crippen LogP contribution in [0, 0.1) is 5.82 Å². The van der Waals surface area contributed by atoms with Gasteiger partial charge in [0.05, 0.1) is 12.2 Å². The maximum absolute atomic E-state index is 13.5.